The van der Waals surface area contributed by atoms with E-state index in [9.17, 15) is 5.11 Å². The highest BCUT2D eigenvalue weighted by Gasteiger charge is 2.05. The SMILES string of the molecule is C[SiH](Oc1ccccc1O)[SiH2][SiH3]. The molecule has 1 atom stereocenters. The molecule has 0 heterocycles. The Kier molecular flexibility index (Phi) is 3.57. The predicted molar refractivity (Wildman–Crippen MR) is 60.2 cm³/mol. The van der Waals surface area contributed by atoms with Gasteiger partial charge in [-0.3, -0.25) is 0 Å². The Hall–Kier alpha value is -0.529. The Labute approximate surface area is 79.1 Å². The van der Waals surface area contributed by atoms with E-state index in [-0.39, 0.29) is 14.3 Å². The molecule has 66 valence electrons. The molecule has 0 aliphatic carbocycles. The van der Waals surface area contributed by atoms with Crippen LogP contribution in [0.3, 0.4) is 0 Å². The van der Waals surface area contributed by atoms with Crippen molar-refractivity contribution in [2.24, 2.45) is 0 Å². The van der Waals surface area contributed by atoms with Crippen LogP contribution >= 0.6 is 0 Å². The minimum Gasteiger partial charge on any atom is -0.548 e. The van der Waals surface area contributed by atoms with Gasteiger partial charge in [-0.05, 0) is 28.4 Å². The fourth-order valence-electron chi connectivity index (χ4n) is 0.857. The molecule has 0 aromatic heterocycles. The maximum absolute atomic E-state index is 9.38. The van der Waals surface area contributed by atoms with E-state index in [1.165, 1.54) is 9.76 Å². The molecule has 1 aromatic carbocycles. The van der Waals surface area contributed by atoms with Crippen LogP contribution in [-0.2, 0) is 0 Å². The van der Waals surface area contributed by atoms with Gasteiger partial charge in [-0.15, -0.1) is 0 Å². The van der Waals surface area contributed by atoms with Crippen LogP contribution in [0.25, 0.3) is 0 Å². The number of hydrogen-bond acceptors (Lipinski definition) is 2. The summed E-state index contributed by atoms with van der Waals surface area (Å²) in [5.41, 5.74) is 0. The van der Waals surface area contributed by atoms with Gasteiger partial charge < -0.3 is 9.53 Å². The van der Waals surface area contributed by atoms with Gasteiger partial charge in [0.25, 0.3) is 0 Å². The Morgan fingerprint density at radius 2 is 2.17 bits per heavy atom. The maximum Gasteiger partial charge on any atom is 0.206 e. The Balaban J connectivity index is 2.69. The van der Waals surface area contributed by atoms with Crippen molar-refractivity contribution in [3.05, 3.63) is 24.3 Å². The molecule has 1 rings (SSSR count). The highest BCUT2D eigenvalue weighted by molar-refractivity contribution is 7.29. The molecule has 0 saturated heterocycles. The molecule has 0 aliphatic heterocycles. The van der Waals surface area contributed by atoms with E-state index in [4.69, 9.17) is 4.43 Å². The summed E-state index contributed by atoms with van der Waals surface area (Å²) in [5, 5.41) is 9.38. The summed E-state index contributed by atoms with van der Waals surface area (Å²) in [6, 6.07) is 7.22. The third kappa shape index (κ3) is 2.50. The number of rotatable bonds is 3. The third-order valence-corrected chi connectivity index (χ3v) is 17.9. The fourth-order valence-corrected chi connectivity index (χ4v) is 4.20. The zero-order chi connectivity index (χ0) is 8.97. The first-order chi connectivity index (χ1) is 5.74. The first-order valence-corrected chi connectivity index (χ1v) is 14.7. The zero-order valence-electron chi connectivity index (χ0n) is 7.45. The van der Waals surface area contributed by atoms with E-state index in [1.807, 2.05) is 18.2 Å². The third-order valence-electron chi connectivity index (χ3n) is 1.77. The monoisotopic (exact) mass is 214 g/mol. The molecular formula is C7H14O2Si3. The van der Waals surface area contributed by atoms with Crippen molar-refractivity contribution in [2.45, 2.75) is 6.55 Å². The van der Waals surface area contributed by atoms with Gasteiger partial charge in [-0.1, -0.05) is 12.1 Å². The molecule has 0 fully saturated rings. The van der Waals surface area contributed by atoms with Crippen molar-refractivity contribution in [2.75, 3.05) is 0 Å². The second kappa shape index (κ2) is 4.48. The van der Waals surface area contributed by atoms with Gasteiger partial charge >= 0.3 is 0 Å². The summed E-state index contributed by atoms with van der Waals surface area (Å²) in [5.74, 6) is 0.959. The van der Waals surface area contributed by atoms with Crippen LogP contribution < -0.4 is 4.43 Å². The van der Waals surface area contributed by atoms with Crippen LogP contribution in [0.2, 0.25) is 6.55 Å². The number of phenolic OH excluding ortho intramolecular Hbond substituents is 1. The van der Waals surface area contributed by atoms with E-state index in [0.29, 0.717) is 5.75 Å². The molecule has 2 nitrogen and oxygen atoms in total. The molecule has 1 aromatic rings. The van der Waals surface area contributed by atoms with Gasteiger partial charge in [0.1, 0.15) is 5.75 Å². The molecule has 0 aliphatic rings. The molecule has 1 N–H and O–H groups in total. The van der Waals surface area contributed by atoms with E-state index < -0.39 is 8.56 Å². The molecule has 0 spiro atoms. The molecule has 0 bridgehead atoms. The summed E-state index contributed by atoms with van der Waals surface area (Å²) >= 11 is 0. The Morgan fingerprint density at radius 1 is 1.50 bits per heavy atom. The van der Waals surface area contributed by atoms with Crippen LogP contribution in [0.15, 0.2) is 24.3 Å². The van der Waals surface area contributed by atoms with Crippen LogP contribution in [-0.4, -0.2) is 32.0 Å². The van der Waals surface area contributed by atoms with Gasteiger partial charge in [0.15, 0.2) is 5.75 Å². The maximum atomic E-state index is 9.38. The fraction of sp³-hybridized carbons (Fsp3) is 0.143. The minimum atomic E-state index is -0.895. The Bertz CT molecular complexity index is 254. The lowest BCUT2D eigenvalue weighted by atomic mass is 10.3. The van der Waals surface area contributed by atoms with Crippen LogP contribution in [0, 0.1) is 0 Å². The van der Waals surface area contributed by atoms with Crippen molar-refractivity contribution in [3.8, 4) is 11.5 Å². The van der Waals surface area contributed by atoms with Gasteiger partial charge in [0.2, 0.25) is 8.56 Å². The Morgan fingerprint density at radius 3 is 2.75 bits per heavy atom. The van der Waals surface area contributed by atoms with Crippen LogP contribution in [0.1, 0.15) is 0 Å². The van der Waals surface area contributed by atoms with Crippen molar-refractivity contribution in [3.63, 3.8) is 0 Å². The molecule has 12 heavy (non-hydrogen) atoms. The smallest absolute Gasteiger partial charge is 0.206 e. The number of phenols is 1. The van der Waals surface area contributed by atoms with Gasteiger partial charge in [0, 0.05) is 8.55 Å². The molecule has 5 heteroatoms. The average Bonchev–Trinajstić information content (AvgIpc) is 2.09. The molecular weight excluding hydrogens is 200 g/mol. The predicted octanol–water partition coefficient (Wildman–Crippen LogP) is -0.930. The van der Waals surface area contributed by atoms with Crippen LogP contribution in [0.5, 0.6) is 11.5 Å². The summed E-state index contributed by atoms with van der Waals surface area (Å²) in [4.78, 5) is 0. The summed E-state index contributed by atoms with van der Waals surface area (Å²) in [7, 11) is 0.553. The molecule has 0 saturated carbocycles. The van der Waals surface area contributed by atoms with E-state index in [1.54, 1.807) is 6.07 Å². The average molecular weight is 214 g/mol. The number of benzene rings is 1. The largest absolute Gasteiger partial charge is 0.548 e. The van der Waals surface area contributed by atoms with Gasteiger partial charge in [-0.25, -0.2) is 0 Å². The molecule has 0 radical (unpaired) electrons. The van der Waals surface area contributed by atoms with Crippen molar-refractivity contribution < 1.29 is 9.53 Å². The molecule has 0 amide bonds. The minimum absolute atomic E-state index is 0.123. The van der Waals surface area contributed by atoms with Crippen molar-refractivity contribution >= 4 is 26.9 Å². The van der Waals surface area contributed by atoms with Crippen molar-refractivity contribution in [1.29, 1.82) is 0 Å². The molecule has 1 unspecified atom stereocenters. The van der Waals surface area contributed by atoms with Gasteiger partial charge in [-0.2, -0.15) is 0 Å². The number of hydrogen-bond donors (Lipinski definition) is 1. The van der Waals surface area contributed by atoms with Crippen LogP contribution in [0.4, 0.5) is 0 Å². The lowest BCUT2D eigenvalue weighted by molar-refractivity contribution is 0.442. The first-order valence-electron chi connectivity index (χ1n) is 4.18. The second-order valence-corrected chi connectivity index (χ2v) is 18.7. The normalized spacial score (nSPS) is 13.8. The number of aromatic hydroxyl groups is 1. The topological polar surface area (TPSA) is 29.5 Å². The standard InChI is InChI=1S/C7H14O2Si3/c1-12(11-10)9-7-5-3-2-4-6(7)8/h2-5,8,12H,11H2,1,10H3. The van der Waals surface area contributed by atoms with E-state index in [0.717, 1.165) is 0 Å². The lowest BCUT2D eigenvalue weighted by Crippen LogP contribution is -2.26. The summed E-state index contributed by atoms with van der Waals surface area (Å²) in [6.07, 6.45) is 0. The second-order valence-electron chi connectivity index (χ2n) is 2.80. The van der Waals surface area contributed by atoms with Gasteiger partial charge in [0.05, 0.1) is 0 Å². The summed E-state index contributed by atoms with van der Waals surface area (Å²) in [6.45, 7) is 2.21. The summed E-state index contributed by atoms with van der Waals surface area (Å²) < 4.78 is 5.68. The highest BCUT2D eigenvalue weighted by Crippen LogP contribution is 2.24. The highest BCUT2D eigenvalue weighted by atomic mass is 29.5. The quantitative estimate of drug-likeness (QED) is 0.659. The zero-order valence-corrected chi connectivity index (χ0v) is 12.0. The first kappa shape index (κ1) is 9.56. The number of para-hydroxylation sites is 2. The lowest BCUT2D eigenvalue weighted by Gasteiger charge is -2.12. The van der Waals surface area contributed by atoms with Crippen molar-refractivity contribution in [1.82, 2.24) is 0 Å². The van der Waals surface area contributed by atoms with E-state index >= 15 is 0 Å². The van der Waals surface area contributed by atoms with E-state index in [2.05, 4.69) is 6.55 Å².